The first kappa shape index (κ1) is 19.8. The highest BCUT2D eigenvalue weighted by atomic mass is 32.2. The summed E-state index contributed by atoms with van der Waals surface area (Å²) >= 11 is 0. The molecule has 2 fully saturated rings. The van der Waals surface area contributed by atoms with Crippen molar-refractivity contribution >= 4 is 21.7 Å². The summed E-state index contributed by atoms with van der Waals surface area (Å²) in [5.41, 5.74) is 1.02. The summed E-state index contributed by atoms with van der Waals surface area (Å²) in [6, 6.07) is 9.41. The summed E-state index contributed by atoms with van der Waals surface area (Å²) in [5.74, 6) is -0.499. The molecule has 0 aromatic heterocycles. The minimum absolute atomic E-state index is 0.0110. The molecule has 7 nitrogen and oxygen atoms in total. The van der Waals surface area contributed by atoms with Crippen LogP contribution >= 0.6 is 0 Å². The molecule has 27 heavy (non-hydrogen) atoms. The first-order valence-electron chi connectivity index (χ1n) is 9.21. The van der Waals surface area contributed by atoms with E-state index in [0.29, 0.717) is 32.7 Å². The van der Waals surface area contributed by atoms with Crippen molar-refractivity contribution in [3.05, 3.63) is 35.9 Å². The van der Waals surface area contributed by atoms with Crippen LogP contribution in [0, 0.1) is 5.92 Å². The number of sulfone groups is 1. The van der Waals surface area contributed by atoms with E-state index in [0.717, 1.165) is 5.56 Å². The Bertz CT molecular complexity index is 781. The molecule has 1 aromatic carbocycles. The number of likely N-dealkylation sites (tertiary alicyclic amines) is 1. The zero-order chi connectivity index (χ0) is 19.4. The number of carbonyl (C=O) groups is 2. The maximum Gasteiger partial charge on any atom is 0.228 e. The lowest BCUT2D eigenvalue weighted by Crippen LogP contribution is -2.41. The normalized spacial score (nSPS) is 24.3. The minimum Gasteiger partial charge on any atom is -0.383 e. The van der Waals surface area contributed by atoms with Crippen LogP contribution in [0.25, 0.3) is 0 Å². The number of ether oxygens (including phenoxy) is 1. The molecular formula is C19H26N2O5S. The predicted molar refractivity (Wildman–Crippen MR) is 101 cm³/mol. The number of benzene rings is 1. The van der Waals surface area contributed by atoms with E-state index in [1.54, 1.807) is 16.9 Å². The number of amides is 2. The van der Waals surface area contributed by atoms with E-state index in [1.807, 2.05) is 30.3 Å². The summed E-state index contributed by atoms with van der Waals surface area (Å²) in [5, 5.41) is 0. The van der Waals surface area contributed by atoms with Gasteiger partial charge in [-0.05, 0) is 12.0 Å². The predicted octanol–water partition coefficient (Wildman–Crippen LogP) is 0.697. The monoisotopic (exact) mass is 394 g/mol. The fraction of sp³-hybridized carbons (Fsp3) is 0.579. The summed E-state index contributed by atoms with van der Waals surface area (Å²) < 4.78 is 28.6. The average molecular weight is 394 g/mol. The largest absolute Gasteiger partial charge is 0.383 e. The van der Waals surface area contributed by atoms with Crippen LogP contribution in [-0.4, -0.2) is 74.4 Å². The summed E-state index contributed by atoms with van der Waals surface area (Å²) in [6.45, 7) is 1.64. The van der Waals surface area contributed by atoms with Gasteiger partial charge in [-0.25, -0.2) is 8.42 Å². The number of carbonyl (C=O) groups excluding carboxylic acids is 2. The molecule has 0 N–H and O–H groups in total. The van der Waals surface area contributed by atoms with Gasteiger partial charge in [0.2, 0.25) is 11.8 Å². The third kappa shape index (κ3) is 4.87. The van der Waals surface area contributed by atoms with Crippen molar-refractivity contribution < 1.29 is 22.7 Å². The zero-order valence-electron chi connectivity index (χ0n) is 15.5. The molecule has 2 heterocycles. The lowest BCUT2D eigenvalue weighted by molar-refractivity contribution is -0.137. The van der Waals surface area contributed by atoms with Crippen LogP contribution in [0.1, 0.15) is 18.4 Å². The van der Waals surface area contributed by atoms with Crippen LogP contribution in [-0.2, 0) is 30.7 Å². The highest BCUT2D eigenvalue weighted by Crippen LogP contribution is 2.27. The van der Waals surface area contributed by atoms with E-state index in [2.05, 4.69) is 0 Å². The van der Waals surface area contributed by atoms with Gasteiger partial charge in [0.15, 0.2) is 9.84 Å². The maximum atomic E-state index is 13.1. The van der Waals surface area contributed by atoms with Crippen molar-refractivity contribution in [2.24, 2.45) is 5.92 Å². The van der Waals surface area contributed by atoms with E-state index < -0.39 is 15.8 Å². The van der Waals surface area contributed by atoms with Crippen molar-refractivity contribution in [3.8, 4) is 0 Å². The fourth-order valence-corrected chi connectivity index (χ4v) is 5.53. The SMILES string of the molecule is COCCN(Cc1ccccc1)C(=O)[C@H]1CC(=O)N([C@@H]2CCS(=O)(=O)C2)C1. The Morgan fingerprint density at radius 1 is 1.30 bits per heavy atom. The van der Waals surface area contributed by atoms with Gasteiger partial charge in [0.1, 0.15) is 0 Å². The number of nitrogens with zero attached hydrogens (tertiary/aromatic N) is 2. The Balaban J connectivity index is 1.67. The molecule has 2 aliphatic rings. The van der Waals surface area contributed by atoms with E-state index in [9.17, 15) is 18.0 Å². The molecule has 0 bridgehead atoms. The van der Waals surface area contributed by atoms with Crippen LogP contribution in [0.4, 0.5) is 0 Å². The van der Waals surface area contributed by atoms with Crippen molar-refractivity contribution in [3.63, 3.8) is 0 Å². The Kier molecular flexibility index (Phi) is 6.16. The van der Waals surface area contributed by atoms with Crippen molar-refractivity contribution in [1.29, 1.82) is 0 Å². The lowest BCUT2D eigenvalue weighted by Gasteiger charge is -2.27. The standard InChI is InChI=1S/C19H26N2O5S/c1-26-9-8-20(12-15-5-3-2-4-6-15)19(23)16-11-18(22)21(13-16)17-7-10-27(24,25)14-17/h2-6,16-17H,7-14H2,1H3/t16-,17+/m0/s1. The van der Waals surface area contributed by atoms with Crippen LogP contribution in [0.5, 0.6) is 0 Å². The molecule has 0 aliphatic carbocycles. The molecule has 8 heteroatoms. The molecule has 1 aromatic rings. The van der Waals surface area contributed by atoms with E-state index in [4.69, 9.17) is 4.74 Å². The third-order valence-corrected chi connectivity index (χ3v) is 7.00. The minimum atomic E-state index is -3.07. The van der Waals surface area contributed by atoms with Gasteiger partial charge >= 0.3 is 0 Å². The molecule has 2 atom stereocenters. The van der Waals surface area contributed by atoms with E-state index in [1.165, 1.54) is 0 Å². The molecule has 0 radical (unpaired) electrons. The van der Waals surface area contributed by atoms with Gasteiger partial charge in [-0.2, -0.15) is 0 Å². The maximum absolute atomic E-state index is 13.1. The Morgan fingerprint density at radius 2 is 2.04 bits per heavy atom. The topological polar surface area (TPSA) is 84.0 Å². The fourth-order valence-electron chi connectivity index (χ4n) is 3.80. The Labute approximate surface area is 160 Å². The van der Waals surface area contributed by atoms with E-state index in [-0.39, 0.29) is 35.8 Å². The van der Waals surface area contributed by atoms with Gasteiger partial charge < -0.3 is 14.5 Å². The van der Waals surface area contributed by atoms with Crippen LogP contribution in [0.2, 0.25) is 0 Å². The second kappa shape index (κ2) is 8.39. The number of hydrogen-bond donors (Lipinski definition) is 0. The van der Waals surface area contributed by atoms with Gasteiger partial charge in [-0.3, -0.25) is 9.59 Å². The third-order valence-electron chi connectivity index (χ3n) is 5.25. The van der Waals surface area contributed by atoms with Crippen molar-refractivity contribution in [1.82, 2.24) is 9.80 Å². The molecule has 0 unspecified atom stereocenters. The van der Waals surface area contributed by atoms with Gasteiger partial charge in [0.25, 0.3) is 0 Å². The molecule has 2 amide bonds. The van der Waals surface area contributed by atoms with Gasteiger partial charge in [-0.15, -0.1) is 0 Å². The quantitative estimate of drug-likeness (QED) is 0.680. The average Bonchev–Trinajstić information content (AvgIpc) is 3.20. The highest BCUT2D eigenvalue weighted by Gasteiger charge is 2.42. The molecular weight excluding hydrogens is 368 g/mol. The number of methoxy groups -OCH3 is 1. The molecule has 0 spiro atoms. The van der Waals surface area contributed by atoms with Crippen molar-refractivity contribution in [2.75, 3.05) is 38.3 Å². The highest BCUT2D eigenvalue weighted by molar-refractivity contribution is 7.91. The van der Waals surface area contributed by atoms with Gasteiger partial charge in [-0.1, -0.05) is 30.3 Å². The van der Waals surface area contributed by atoms with Crippen LogP contribution in [0.3, 0.4) is 0 Å². The summed E-state index contributed by atoms with van der Waals surface area (Å²) in [7, 11) is -1.48. The second-order valence-electron chi connectivity index (χ2n) is 7.24. The van der Waals surface area contributed by atoms with Gasteiger partial charge in [0.05, 0.1) is 24.0 Å². The first-order chi connectivity index (χ1) is 12.9. The van der Waals surface area contributed by atoms with Gasteiger partial charge in [0, 0.05) is 39.2 Å². The number of rotatable bonds is 7. The lowest BCUT2D eigenvalue weighted by atomic mass is 10.1. The Hall–Kier alpha value is -1.93. The number of hydrogen-bond acceptors (Lipinski definition) is 5. The first-order valence-corrected chi connectivity index (χ1v) is 11.0. The second-order valence-corrected chi connectivity index (χ2v) is 9.47. The van der Waals surface area contributed by atoms with E-state index >= 15 is 0 Å². The van der Waals surface area contributed by atoms with Crippen LogP contribution < -0.4 is 0 Å². The summed E-state index contributed by atoms with van der Waals surface area (Å²) in [6.07, 6.45) is 0.611. The van der Waals surface area contributed by atoms with Crippen LogP contribution in [0.15, 0.2) is 30.3 Å². The van der Waals surface area contributed by atoms with Crippen molar-refractivity contribution in [2.45, 2.75) is 25.4 Å². The zero-order valence-corrected chi connectivity index (χ0v) is 16.4. The molecule has 2 saturated heterocycles. The Morgan fingerprint density at radius 3 is 2.67 bits per heavy atom. The summed E-state index contributed by atoms with van der Waals surface area (Å²) in [4.78, 5) is 28.8. The molecule has 148 valence electrons. The smallest absolute Gasteiger partial charge is 0.228 e. The molecule has 0 saturated carbocycles. The molecule has 2 aliphatic heterocycles. The molecule has 3 rings (SSSR count).